The van der Waals surface area contributed by atoms with Crippen molar-refractivity contribution in [1.82, 2.24) is 15.1 Å². The maximum atomic E-state index is 6.17. The van der Waals surface area contributed by atoms with E-state index in [1.165, 1.54) is 0 Å². The summed E-state index contributed by atoms with van der Waals surface area (Å²) in [6.07, 6.45) is 0.0804. The van der Waals surface area contributed by atoms with Gasteiger partial charge in [-0.15, -0.1) is 0 Å². The van der Waals surface area contributed by atoms with Gasteiger partial charge in [-0.1, -0.05) is 11.6 Å². The van der Waals surface area contributed by atoms with Crippen molar-refractivity contribution in [2.45, 2.75) is 39.1 Å². The van der Waals surface area contributed by atoms with Crippen LogP contribution in [-0.2, 0) is 23.1 Å². The number of rotatable bonds is 4. The lowest BCUT2D eigenvalue weighted by atomic mass is 10.1. The van der Waals surface area contributed by atoms with E-state index in [1.807, 2.05) is 14.0 Å². The molecule has 2 heterocycles. The summed E-state index contributed by atoms with van der Waals surface area (Å²) in [5.41, 5.74) is 1.61. The van der Waals surface area contributed by atoms with E-state index >= 15 is 0 Å². The zero-order valence-corrected chi connectivity index (χ0v) is 12.8. The smallest absolute Gasteiger partial charge is 0.0940 e. The Balaban J connectivity index is 1.83. The topological polar surface area (TPSA) is 48.3 Å². The van der Waals surface area contributed by atoms with Crippen LogP contribution in [0.3, 0.4) is 0 Å². The summed E-state index contributed by atoms with van der Waals surface area (Å²) in [4.78, 5) is 0. The van der Waals surface area contributed by atoms with Crippen molar-refractivity contribution in [3.8, 4) is 0 Å². The minimum Gasteiger partial charge on any atom is -0.372 e. The minimum atomic E-state index is -0.132. The molecule has 2 rings (SSSR count). The molecule has 108 valence electrons. The molecule has 0 amide bonds. The molecule has 1 aliphatic rings. The fourth-order valence-electron chi connectivity index (χ4n) is 2.29. The number of aryl methyl sites for hydroxylation is 2. The van der Waals surface area contributed by atoms with Crippen LogP contribution in [-0.4, -0.2) is 41.2 Å². The molecule has 0 spiro atoms. The number of hydrogen-bond acceptors (Lipinski definition) is 4. The highest BCUT2D eigenvalue weighted by molar-refractivity contribution is 6.31. The summed E-state index contributed by atoms with van der Waals surface area (Å²) in [6.45, 7) is 8.74. The predicted molar refractivity (Wildman–Crippen MR) is 74.4 cm³/mol. The van der Waals surface area contributed by atoms with Crippen LogP contribution in [0.15, 0.2) is 0 Å². The Labute approximate surface area is 119 Å². The minimum absolute atomic E-state index is 0.0804. The summed E-state index contributed by atoms with van der Waals surface area (Å²) in [5.74, 6) is 0. The van der Waals surface area contributed by atoms with Crippen molar-refractivity contribution in [2.75, 3.05) is 19.7 Å². The van der Waals surface area contributed by atoms with Gasteiger partial charge >= 0.3 is 0 Å². The molecule has 0 aliphatic carbocycles. The van der Waals surface area contributed by atoms with E-state index in [-0.39, 0.29) is 11.7 Å². The molecule has 1 fully saturated rings. The molecule has 1 aliphatic heterocycles. The third kappa shape index (κ3) is 3.69. The van der Waals surface area contributed by atoms with Gasteiger partial charge in [-0.2, -0.15) is 5.10 Å². The lowest BCUT2D eigenvalue weighted by molar-refractivity contribution is -0.122. The first-order valence-corrected chi connectivity index (χ1v) is 6.91. The van der Waals surface area contributed by atoms with Crippen molar-refractivity contribution >= 4 is 11.6 Å². The van der Waals surface area contributed by atoms with Crippen LogP contribution in [0.4, 0.5) is 0 Å². The average Bonchev–Trinajstić information content (AvgIpc) is 2.54. The third-order valence-corrected chi connectivity index (χ3v) is 3.70. The molecular weight excluding hydrogens is 266 g/mol. The SMILES string of the molecule is Cc1nn(C)c(COCC2CNCC(C)(C)O2)c1Cl. The van der Waals surface area contributed by atoms with Crippen molar-refractivity contribution in [3.05, 3.63) is 16.4 Å². The summed E-state index contributed by atoms with van der Waals surface area (Å²) in [5, 5.41) is 8.30. The van der Waals surface area contributed by atoms with Crippen molar-refractivity contribution in [1.29, 1.82) is 0 Å². The van der Waals surface area contributed by atoms with E-state index in [2.05, 4.69) is 24.3 Å². The molecule has 0 aromatic carbocycles. The number of halogens is 1. The average molecular weight is 288 g/mol. The Morgan fingerprint density at radius 1 is 1.58 bits per heavy atom. The van der Waals surface area contributed by atoms with E-state index in [0.717, 1.165) is 24.5 Å². The Morgan fingerprint density at radius 2 is 2.32 bits per heavy atom. The molecule has 1 saturated heterocycles. The molecule has 0 bridgehead atoms. The highest BCUT2D eigenvalue weighted by Gasteiger charge is 2.28. The molecule has 0 saturated carbocycles. The van der Waals surface area contributed by atoms with Gasteiger partial charge in [0, 0.05) is 20.1 Å². The molecule has 6 heteroatoms. The monoisotopic (exact) mass is 287 g/mol. The Morgan fingerprint density at radius 3 is 2.89 bits per heavy atom. The van der Waals surface area contributed by atoms with Crippen molar-refractivity contribution in [3.63, 3.8) is 0 Å². The van der Waals surface area contributed by atoms with Crippen LogP contribution in [0, 0.1) is 6.92 Å². The predicted octanol–water partition coefficient (Wildman–Crippen LogP) is 1.67. The Bertz CT molecular complexity index is 445. The molecular formula is C13H22ClN3O2. The van der Waals surface area contributed by atoms with Crippen LogP contribution < -0.4 is 5.32 Å². The zero-order chi connectivity index (χ0) is 14.0. The molecule has 1 N–H and O–H groups in total. The maximum Gasteiger partial charge on any atom is 0.0940 e. The van der Waals surface area contributed by atoms with Gasteiger partial charge in [-0.3, -0.25) is 4.68 Å². The van der Waals surface area contributed by atoms with E-state index in [9.17, 15) is 0 Å². The van der Waals surface area contributed by atoms with Gasteiger partial charge in [-0.05, 0) is 20.8 Å². The molecule has 0 radical (unpaired) electrons. The summed E-state index contributed by atoms with van der Waals surface area (Å²) in [7, 11) is 1.87. The van der Waals surface area contributed by atoms with E-state index in [0.29, 0.717) is 18.2 Å². The Hall–Kier alpha value is -0.620. The fraction of sp³-hybridized carbons (Fsp3) is 0.769. The number of hydrogen-bond donors (Lipinski definition) is 1. The van der Waals surface area contributed by atoms with Crippen molar-refractivity contribution < 1.29 is 9.47 Å². The van der Waals surface area contributed by atoms with Gasteiger partial charge in [0.05, 0.1) is 41.3 Å². The lowest BCUT2D eigenvalue weighted by Crippen LogP contribution is -2.51. The number of ether oxygens (including phenoxy) is 2. The maximum absolute atomic E-state index is 6.17. The van der Waals surface area contributed by atoms with Gasteiger partial charge in [0.15, 0.2) is 0 Å². The number of nitrogens with one attached hydrogen (secondary N) is 1. The molecule has 1 atom stereocenters. The summed E-state index contributed by atoms with van der Waals surface area (Å²) >= 11 is 6.17. The van der Waals surface area contributed by atoms with E-state index in [4.69, 9.17) is 21.1 Å². The van der Waals surface area contributed by atoms with Crippen LogP contribution in [0.25, 0.3) is 0 Å². The third-order valence-electron chi connectivity index (χ3n) is 3.21. The van der Waals surface area contributed by atoms with Gasteiger partial charge < -0.3 is 14.8 Å². The molecule has 1 aromatic heterocycles. The first-order valence-electron chi connectivity index (χ1n) is 6.53. The molecule has 1 unspecified atom stereocenters. The summed E-state index contributed by atoms with van der Waals surface area (Å²) in [6, 6.07) is 0. The van der Waals surface area contributed by atoms with Crippen LogP contribution in [0.1, 0.15) is 25.2 Å². The zero-order valence-electron chi connectivity index (χ0n) is 12.0. The largest absolute Gasteiger partial charge is 0.372 e. The second-order valence-electron chi connectivity index (χ2n) is 5.62. The van der Waals surface area contributed by atoms with Crippen LogP contribution in [0.5, 0.6) is 0 Å². The number of nitrogens with zero attached hydrogens (tertiary/aromatic N) is 2. The lowest BCUT2D eigenvalue weighted by Gasteiger charge is -2.36. The first-order chi connectivity index (χ1) is 8.89. The van der Waals surface area contributed by atoms with Crippen molar-refractivity contribution in [2.24, 2.45) is 7.05 Å². The first kappa shape index (κ1) is 14.8. The standard InChI is InChI=1S/C13H22ClN3O2/c1-9-12(14)11(17(4)16-9)7-18-6-10-5-15-8-13(2,3)19-10/h10,15H,5-8H2,1-4H3. The molecule has 5 nitrogen and oxygen atoms in total. The highest BCUT2D eigenvalue weighted by atomic mass is 35.5. The van der Waals surface area contributed by atoms with Gasteiger partial charge in [-0.25, -0.2) is 0 Å². The second kappa shape index (κ2) is 5.79. The quantitative estimate of drug-likeness (QED) is 0.915. The van der Waals surface area contributed by atoms with E-state index in [1.54, 1.807) is 4.68 Å². The molecule has 1 aromatic rings. The number of aromatic nitrogens is 2. The highest BCUT2D eigenvalue weighted by Crippen LogP contribution is 2.21. The van der Waals surface area contributed by atoms with Crippen LogP contribution in [0.2, 0.25) is 5.02 Å². The van der Waals surface area contributed by atoms with Gasteiger partial charge in [0.25, 0.3) is 0 Å². The van der Waals surface area contributed by atoms with E-state index < -0.39 is 0 Å². The van der Waals surface area contributed by atoms with Gasteiger partial charge in [0.1, 0.15) is 0 Å². The Kier molecular flexibility index (Phi) is 4.50. The molecule has 19 heavy (non-hydrogen) atoms. The normalized spacial score (nSPS) is 22.7. The van der Waals surface area contributed by atoms with Crippen LogP contribution >= 0.6 is 11.6 Å². The second-order valence-corrected chi connectivity index (χ2v) is 5.99. The van der Waals surface area contributed by atoms with Gasteiger partial charge in [0.2, 0.25) is 0 Å². The number of morpholine rings is 1. The fourth-order valence-corrected chi connectivity index (χ4v) is 2.50. The summed E-state index contributed by atoms with van der Waals surface area (Å²) < 4.78 is 13.4.